The number of fused-ring (bicyclic) bond motifs is 1. The summed E-state index contributed by atoms with van der Waals surface area (Å²) in [6.07, 6.45) is -9.08. The predicted octanol–water partition coefficient (Wildman–Crippen LogP) is -7.17. The normalized spacial score (nSPS) is 14.9. The largest absolute Gasteiger partial charge is 0.481 e. The maximum Gasteiger partial charge on any atom is 0.328 e. The molecule has 732 valence electrons. The molecule has 0 aliphatic carbocycles. The van der Waals surface area contributed by atoms with E-state index < -0.39 is 303 Å². The third-order valence-electron chi connectivity index (χ3n) is 20.0. The van der Waals surface area contributed by atoms with Crippen molar-refractivity contribution in [3.8, 4) is 0 Å². The minimum Gasteiger partial charge on any atom is -0.481 e. The molecule has 0 aliphatic rings. The van der Waals surface area contributed by atoms with E-state index in [0.717, 1.165) is 6.92 Å². The first kappa shape index (κ1) is 114. The van der Waals surface area contributed by atoms with E-state index in [1.165, 1.54) is 6.20 Å². The third-order valence-corrected chi connectivity index (χ3v) is 20.0. The number of hydrogen-bond acceptors (Lipinski definition) is 26. The number of primary amides is 4. The van der Waals surface area contributed by atoms with E-state index in [2.05, 4.69) is 79.4 Å². The summed E-state index contributed by atoms with van der Waals surface area (Å²) in [5, 5.41) is 82.9. The number of carboxylic acids is 4. The molecule has 0 saturated carbocycles. The van der Waals surface area contributed by atoms with Crippen molar-refractivity contribution in [3.05, 3.63) is 36.0 Å². The molecule has 49 nitrogen and oxygen atoms in total. The molecule has 2 rings (SSSR count). The lowest BCUT2D eigenvalue weighted by Crippen LogP contribution is -2.61. The van der Waals surface area contributed by atoms with Crippen molar-refractivity contribution in [1.82, 2.24) is 79.4 Å². The smallest absolute Gasteiger partial charge is 0.328 e. The van der Waals surface area contributed by atoms with E-state index >= 15 is 0 Å². The average molecular weight is 1860 g/mol. The van der Waals surface area contributed by atoms with E-state index in [0.29, 0.717) is 16.5 Å². The second-order valence-corrected chi connectivity index (χ2v) is 33.6. The summed E-state index contributed by atoms with van der Waals surface area (Å²) in [5.74, 6) is -28.9. The van der Waals surface area contributed by atoms with Crippen LogP contribution in [0.3, 0.4) is 0 Å². The Morgan fingerprint density at radius 1 is 0.321 bits per heavy atom. The number of rotatable bonds is 65. The number of aliphatic carboxylic acids is 4. The van der Waals surface area contributed by atoms with Crippen molar-refractivity contribution in [2.75, 3.05) is 13.1 Å². The van der Waals surface area contributed by atoms with Gasteiger partial charge in [0.15, 0.2) is 6.04 Å². The fourth-order valence-corrected chi connectivity index (χ4v) is 13.4. The molecule has 0 fully saturated rings. The quantitative estimate of drug-likeness (QED) is 0.0274. The lowest BCUT2D eigenvalue weighted by molar-refractivity contribution is -0.145. The molecule has 49 heteroatoms. The van der Waals surface area contributed by atoms with E-state index in [9.17, 15) is 131 Å². The van der Waals surface area contributed by atoms with E-state index in [1.807, 2.05) is 0 Å². The SMILES string of the molecule is CC(C)C[C@H](NC(=O)[C@H](CCCCN)NC(=O)[C@H](CCC(N)=O)NC(=O)[C@H](CC(N)=O)NC(=O)[C@H](CCC(N)=O)NC(=O)[C@H](CC(C)C)NC(=O)[C@@H](N)CC(=O)O)C(=O)N[C@@H](CCCCN)C(=O)N[C@@H](CCC(=O)O)C(=O)N[C@@H](CC(C)C)C(=O)N[C@@H](CC(N)=O)C(=O)N[C@@H](CC(=O)O)C(=O)N[C@@H](Cc1c[nH]c2ccccc12)C(=O)N[C@@H](CC(C)C)C(=O)N[C@H](C(=O)O)[C@@H](C)O. The molecule has 1 aromatic heterocycles. The minimum absolute atomic E-state index is 0.0552. The number of nitrogens with two attached hydrogens (primary N) is 7. The maximum absolute atomic E-state index is 14.8. The summed E-state index contributed by atoms with van der Waals surface area (Å²) < 4.78 is 0. The van der Waals surface area contributed by atoms with Gasteiger partial charge in [0.25, 0.3) is 0 Å². The summed E-state index contributed by atoms with van der Waals surface area (Å²) >= 11 is 0. The number of amides is 18. The molecule has 16 atom stereocenters. The molecule has 0 spiro atoms. The zero-order chi connectivity index (χ0) is 99.4. The molecule has 0 saturated heterocycles. The van der Waals surface area contributed by atoms with E-state index in [4.69, 9.17) is 40.1 Å². The number of carbonyl (C=O) groups is 22. The van der Waals surface area contributed by atoms with E-state index in [1.54, 1.807) is 79.7 Å². The Morgan fingerprint density at radius 2 is 0.603 bits per heavy atom. The summed E-state index contributed by atoms with van der Waals surface area (Å²) in [7, 11) is 0. The van der Waals surface area contributed by atoms with Crippen LogP contribution in [0.5, 0.6) is 0 Å². The Morgan fingerprint density at radius 3 is 0.916 bits per heavy atom. The highest BCUT2D eigenvalue weighted by molar-refractivity contribution is 6.03. The summed E-state index contributed by atoms with van der Waals surface area (Å²) in [6, 6.07) is -19.8. The van der Waals surface area contributed by atoms with Crippen molar-refractivity contribution in [1.29, 1.82) is 0 Å². The Hall–Kier alpha value is -13.1. The van der Waals surface area contributed by atoms with Gasteiger partial charge in [-0.15, -0.1) is 0 Å². The van der Waals surface area contributed by atoms with Crippen LogP contribution in [0.4, 0.5) is 0 Å². The lowest BCUT2D eigenvalue weighted by Gasteiger charge is -2.29. The number of aromatic amines is 1. The van der Waals surface area contributed by atoms with Gasteiger partial charge >= 0.3 is 23.9 Å². The number of hydrogen-bond donors (Lipinski definition) is 27. The summed E-state index contributed by atoms with van der Waals surface area (Å²) in [5.41, 5.74) is 40.2. The van der Waals surface area contributed by atoms with Crippen molar-refractivity contribution in [2.45, 2.75) is 294 Å². The molecule has 0 bridgehead atoms. The number of aromatic nitrogens is 1. The molecular weight excluding hydrogens is 1730 g/mol. The Bertz CT molecular complexity index is 4310. The van der Waals surface area contributed by atoms with Crippen molar-refractivity contribution in [3.63, 3.8) is 0 Å². The van der Waals surface area contributed by atoms with Crippen LogP contribution in [0.1, 0.15) is 196 Å². The number of carbonyl (C=O) groups excluding carboxylic acids is 18. The van der Waals surface area contributed by atoms with Gasteiger partial charge in [0, 0.05) is 42.8 Å². The zero-order valence-electron chi connectivity index (χ0n) is 75.0. The van der Waals surface area contributed by atoms with Crippen molar-refractivity contribution >= 4 is 141 Å². The van der Waals surface area contributed by atoms with Crippen LogP contribution in [-0.2, 0) is 112 Å². The van der Waals surface area contributed by atoms with E-state index in [-0.39, 0.29) is 95.6 Å². The number of para-hydroxylation sites is 1. The van der Waals surface area contributed by atoms with Crippen LogP contribution in [0.15, 0.2) is 30.5 Å². The Labute approximate surface area is 755 Å². The van der Waals surface area contributed by atoms with Gasteiger partial charge in [-0.05, 0) is 139 Å². The highest BCUT2D eigenvalue weighted by atomic mass is 16.4. The van der Waals surface area contributed by atoms with Crippen LogP contribution in [0.2, 0.25) is 0 Å². The van der Waals surface area contributed by atoms with Crippen molar-refractivity contribution < 1.29 is 131 Å². The second kappa shape index (κ2) is 57.8. The number of H-pyrrole nitrogens is 1. The standard InChI is InChI=1S/C82H132N22O27/c1-38(2)28-52(96-68(116)45(85)33-65(112)113)74(122)94-50(21-24-61(87)107)72(120)101-57(34-62(88)108)78(126)95-49(20-23-60(86)106)71(119)91-48(19-13-15-27-84)70(118)97-53(29-39(3)4)75(123)92-47(18-12-14-26-83)69(117)93-51(22-25-64(110)111)73(121)98-54(30-40(5)6)76(124)102-58(35-63(89)109)79(127)103-59(36-66(114)115)80(128)100-56(32-43-37-90-46-17-11-10-16-44(43)46)77(125)99-55(31-41(7)8)81(129)104-67(42(9)105)82(130)131/h10-11,16-17,37-42,45,47-59,67,90,105H,12-15,18-36,83-85H2,1-9H3,(H2,86,106)(H2,87,107)(H2,88,108)(H2,89,109)(H,91,119)(H,92,123)(H,93,117)(H,94,122)(H,95,126)(H,96,116)(H,97,118)(H,98,121)(H,99,125)(H,100,128)(H,101,120)(H,102,124)(H,103,127)(H,104,129)(H,110,111)(H,112,113)(H,114,115)(H,130,131)/t42-,45+,47+,48+,49+,50+,51+,52+,53+,54+,55+,56+,57+,58+,59+,67+/m1/s1. The number of aliphatic hydroxyl groups is 1. The monoisotopic (exact) mass is 1860 g/mol. The maximum atomic E-state index is 14.8. The summed E-state index contributed by atoms with van der Waals surface area (Å²) in [6.45, 7) is 14.3. The molecule has 2 aromatic rings. The molecule has 18 amide bonds. The van der Waals surface area contributed by atoms with Crippen LogP contribution in [0.25, 0.3) is 10.9 Å². The van der Waals surface area contributed by atoms with Gasteiger partial charge < -0.3 is 145 Å². The molecule has 34 N–H and O–H groups in total. The molecule has 0 radical (unpaired) electrons. The first-order valence-corrected chi connectivity index (χ1v) is 42.9. The molecule has 0 unspecified atom stereocenters. The molecule has 0 aliphatic heterocycles. The van der Waals surface area contributed by atoms with Gasteiger partial charge in [0.05, 0.1) is 37.8 Å². The van der Waals surface area contributed by atoms with Gasteiger partial charge in [0.2, 0.25) is 106 Å². The Balaban J connectivity index is 2.64. The number of aliphatic hydroxyl groups excluding tert-OH is 1. The molecule has 1 aromatic carbocycles. The lowest BCUT2D eigenvalue weighted by atomic mass is 9.99. The molecule has 131 heavy (non-hydrogen) atoms. The van der Waals surface area contributed by atoms with Crippen LogP contribution in [-0.4, -0.2) is 271 Å². The predicted molar refractivity (Wildman–Crippen MR) is 466 cm³/mol. The number of benzene rings is 1. The second-order valence-electron chi connectivity index (χ2n) is 33.6. The fourth-order valence-electron chi connectivity index (χ4n) is 13.4. The average Bonchev–Trinajstić information content (AvgIpc) is 1.70. The van der Waals surface area contributed by atoms with Gasteiger partial charge in [-0.2, -0.15) is 0 Å². The number of carboxylic acid groups (broad SMARTS) is 4. The van der Waals surface area contributed by atoms with Crippen molar-refractivity contribution in [2.24, 2.45) is 63.8 Å². The summed E-state index contributed by atoms with van der Waals surface area (Å²) in [4.78, 5) is 301. The van der Waals surface area contributed by atoms with Gasteiger partial charge in [-0.3, -0.25) is 101 Å². The molecular formula is C82H132N22O27. The Kier molecular flexibility index (Phi) is 50.3. The van der Waals surface area contributed by atoms with Gasteiger partial charge in [-0.25, -0.2) is 4.79 Å². The van der Waals surface area contributed by atoms with Gasteiger partial charge in [0.1, 0.15) is 78.5 Å². The topological polar surface area (TPSA) is 843 Å². The zero-order valence-corrected chi connectivity index (χ0v) is 75.0. The number of unbranched alkanes of at least 4 members (excludes halogenated alkanes) is 2. The van der Waals surface area contributed by atoms with Gasteiger partial charge in [-0.1, -0.05) is 73.6 Å². The highest BCUT2D eigenvalue weighted by Gasteiger charge is 2.41. The minimum atomic E-state index is -2.15. The van der Waals surface area contributed by atoms with Crippen LogP contribution in [0, 0.1) is 23.7 Å². The fraction of sp³-hybridized carbons (Fsp3) is 0.634. The van der Waals surface area contributed by atoms with Crippen LogP contribution >= 0.6 is 0 Å². The third kappa shape index (κ3) is 43.7. The van der Waals surface area contributed by atoms with Crippen LogP contribution < -0.4 is 115 Å². The number of nitrogens with one attached hydrogen (secondary N) is 15. The molecule has 1 heterocycles. The first-order valence-electron chi connectivity index (χ1n) is 42.9. The first-order chi connectivity index (χ1) is 61.3. The highest BCUT2D eigenvalue weighted by Crippen LogP contribution is 2.22.